The van der Waals surface area contributed by atoms with E-state index in [-0.39, 0.29) is 0 Å². The lowest BCUT2D eigenvalue weighted by molar-refractivity contribution is 0.566. The summed E-state index contributed by atoms with van der Waals surface area (Å²) in [6, 6.07) is 8.24. The third-order valence-electron chi connectivity index (χ3n) is 1.89. The van der Waals surface area contributed by atoms with Gasteiger partial charge in [-0.1, -0.05) is 21.0 Å². The fourth-order valence-corrected chi connectivity index (χ4v) is 1.37. The summed E-state index contributed by atoms with van der Waals surface area (Å²) in [4.78, 5) is 1.77. The third kappa shape index (κ3) is 2.18. The van der Waals surface area contributed by atoms with E-state index in [1.807, 2.05) is 38.4 Å². The molecule has 4 nitrogen and oxygen atoms in total. The van der Waals surface area contributed by atoms with Gasteiger partial charge < -0.3 is 9.32 Å². The van der Waals surface area contributed by atoms with Gasteiger partial charge in [-0.3, -0.25) is 0 Å². The lowest BCUT2D eigenvalue weighted by Gasteiger charge is -2.02. The molecule has 2 rings (SSSR count). The molecule has 0 atom stereocenters. The smallest absolute Gasteiger partial charge is 0.317 e. The maximum atomic E-state index is 5.46. The molecule has 0 radical (unpaired) electrons. The van der Waals surface area contributed by atoms with Crippen LogP contribution in [-0.4, -0.2) is 24.3 Å². The van der Waals surface area contributed by atoms with Crippen LogP contribution < -0.4 is 4.90 Å². The van der Waals surface area contributed by atoms with Crippen molar-refractivity contribution in [2.75, 3.05) is 19.0 Å². The van der Waals surface area contributed by atoms with Gasteiger partial charge in [-0.15, -0.1) is 5.10 Å². The van der Waals surface area contributed by atoms with Crippen LogP contribution >= 0.6 is 15.9 Å². The minimum absolute atomic E-state index is 0.507. The molecule has 0 aliphatic carbocycles. The molecule has 0 saturated carbocycles. The highest BCUT2D eigenvalue weighted by Crippen LogP contribution is 2.22. The molecule has 0 aliphatic rings. The second kappa shape index (κ2) is 4.02. The first-order chi connectivity index (χ1) is 7.16. The van der Waals surface area contributed by atoms with Crippen molar-refractivity contribution in [2.24, 2.45) is 0 Å². The average Bonchev–Trinajstić information content (AvgIpc) is 2.68. The van der Waals surface area contributed by atoms with E-state index in [2.05, 4.69) is 26.1 Å². The van der Waals surface area contributed by atoms with Gasteiger partial charge in [0.15, 0.2) is 0 Å². The SMILES string of the molecule is CN(C)c1nnc(-c2ccc(Br)cc2)o1. The molecular formula is C10H10BrN3O. The molecule has 0 N–H and O–H groups in total. The van der Waals surface area contributed by atoms with Crippen molar-refractivity contribution in [2.45, 2.75) is 0 Å². The van der Waals surface area contributed by atoms with Gasteiger partial charge in [0.1, 0.15) is 0 Å². The number of hydrogen-bond donors (Lipinski definition) is 0. The summed E-state index contributed by atoms with van der Waals surface area (Å²) in [7, 11) is 3.72. The summed E-state index contributed by atoms with van der Waals surface area (Å²) in [5.74, 6) is 0.534. The van der Waals surface area contributed by atoms with Crippen LogP contribution in [0.25, 0.3) is 11.5 Å². The average molecular weight is 268 g/mol. The molecule has 1 heterocycles. The van der Waals surface area contributed by atoms with E-state index in [4.69, 9.17) is 4.42 Å². The Morgan fingerprint density at radius 3 is 2.33 bits per heavy atom. The van der Waals surface area contributed by atoms with Crippen LogP contribution in [0.4, 0.5) is 6.01 Å². The second-order valence-corrected chi connectivity index (χ2v) is 4.21. The number of hydrogen-bond acceptors (Lipinski definition) is 4. The number of aromatic nitrogens is 2. The van der Waals surface area contributed by atoms with E-state index in [1.54, 1.807) is 4.90 Å². The Morgan fingerprint density at radius 2 is 1.80 bits per heavy atom. The minimum Gasteiger partial charge on any atom is -0.403 e. The summed E-state index contributed by atoms with van der Waals surface area (Å²) in [6.07, 6.45) is 0. The number of halogens is 1. The maximum absolute atomic E-state index is 5.46. The van der Waals surface area contributed by atoms with Crippen LogP contribution in [-0.2, 0) is 0 Å². The number of anilines is 1. The van der Waals surface area contributed by atoms with Gasteiger partial charge in [-0.05, 0) is 24.3 Å². The fraction of sp³-hybridized carbons (Fsp3) is 0.200. The lowest BCUT2D eigenvalue weighted by atomic mass is 10.2. The van der Waals surface area contributed by atoms with Crippen molar-refractivity contribution >= 4 is 21.9 Å². The molecule has 78 valence electrons. The van der Waals surface area contributed by atoms with Gasteiger partial charge in [0.2, 0.25) is 5.89 Å². The molecule has 0 bridgehead atoms. The van der Waals surface area contributed by atoms with E-state index in [1.165, 1.54) is 0 Å². The molecule has 0 fully saturated rings. The Balaban J connectivity index is 2.33. The Morgan fingerprint density at radius 1 is 1.13 bits per heavy atom. The zero-order valence-electron chi connectivity index (χ0n) is 8.44. The number of rotatable bonds is 2. The molecule has 0 amide bonds. The Kier molecular flexibility index (Phi) is 2.73. The topological polar surface area (TPSA) is 42.2 Å². The molecule has 5 heteroatoms. The van der Waals surface area contributed by atoms with Gasteiger partial charge in [-0.25, -0.2) is 0 Å². The van der Waals surface area contributed by atoms with Crippen molar-refractivity contribution in [3.8, 4) is 11.5 Å². The largest absolute Gasteiger partial charge is 0.403 e. The first-order valence-electron chi connectivity index (χ1n) is 4.43. The monoisotopic (exact) mass is 267 g/mol. The molecule has 15 heavy (non-hydrogen) atoms. The van der Waals surface area contributed by atoms with Gasteiger partial charge in [0, 0.05) is 24.1 Å². The van der Waals surface area contributed by atoms with Crippen LogP contribution in [0.15, 0.2) is 33.2 Å². The van der Waals surface area contributed by atoms with Crippen molar-refractivity contribution in [3.05, 3.63) is 28.7 Å². The van der Waals surface area contributed by atoms with E-state index in [9.17, 15) is 0 Å². The van der Waals surface area contributed by atoms with Gasteiger partial charge in [0.25, 0.3) is 0 Å². The van der Waals surface area contributed by atoms with E-state index in [0.717, 1.165) is 10.0 Å². The van der Waals surface area contributed by atoms with Crippen LogP contribution in [0.2, 0.25) is 0 Å². The summed E-state index contributed by atoms with van der Waals surface area (Å²) in [5, 5.41) is 7.88. The number of benzene rings is 1. The van der Waals surface area contributed by atoms with E-state index >= 15 is 0 Å². The zero-order valence-corrected chi connectivity index (χ0v) is 10.0. The molecule has 0 aliphatic heterocycles. The second-order valence-electron chi connectivity index (χ2n) is 3.29. The summed E-state index contributed by atoms with van der Waals surface area (Å²) >= 11 is 3.37. The quantitative estimate of drug-likeness (QED) is 0.839. The van der Waals surface area contributed by atoms with Gasteiger partial charge in [-0.2, -0.15) is 0 Å². The fourth-order valence-electron chi connectivity index (χ4n) is 1.11. The standard InChI is InChI=1S/C10H10BrN3O/c1-14(2)10-13-12-9(15-10)7-3-5-8(11)6-4-7/h3-6H,1-2H3. The molecule has 0 saturated heterocycles. The first kappa shape index (κ1) is 10.2. The molecule has 0 spiro atoms. The molecule has 0 unspecified atom stereocenters. The highest BCUT2D eigenvalue weighted by atomic mass is 79.9. The molecule has 1 aromatic carbocycles. The van der Waals surface area contributed by atoms with E-state index in [0.29, 0.717) is 11.9 Å². The van der Waals surface area contributed by atoms with Crippen LogP contribution in [0.1, 0.15) is 0 Å². The minimum atomic E-state index is 0.507. The summed E-state index contributed by atoms with van der Waals surface area (Å²) in [5.41, 5.74) is 0.916. The normalized spacial score (nSPS) is 10.3. The molecule has 2 aromatic rings. The van der Waals surface area contributed by atoms with Crippen molar-refractivity contribution < 1.29 is 4.42 Å². The highest BCUT2D eigenvalue weighted by Gasteiger charge is 2.08. The summed E-state index contributed by atoms with van der Waals surface area (Å²) < 4.78 is 6.49. The Hall–Kier alpha value is -1.36. The maximum Gasteiger partial charge on any atom is 0.317 e. The highest BCUT2D eigenvalue weighted by molar-refractivity contribution is 9.10. The Labute approximate surface area is 96.0 Å². The molecular weight excluding hydrogens is 258 g/mol. The molecule has 1 aromatic heterocycles. The third-order valence-corrected chi connectivity index (χ3v) is 2.42. The van der Waals surface area contributed by atoms with E-state index < -0.39 is 0 Å². The van der Waals surface area contributed by atoms with Crippen molar-refractivity contribution in [1.29, 1.82) is 0 Å². The van der Waals surface area contributed by atoms with Crippen molar-refractivity contribution in [1.82, 2.24) is 10.2 Å². The van der Waals surface area contributed by atoms with Crippen LogP contribution in [0.3, 0.4) is 0 Å². The van der Waals surface area contributed by atoms with Crippen LogP contribution in [0.5, 0.6) is 0 Å². The van der Waals surface area contributed by atoms with Gasteiger partial charge >= 0.3 is 6.01 Å². The summed E-state index contributed by atoms with van der Waals surface area (Å²) in [6.45, 7) is 0. The van der Waals surface area contributed by atoms with Gasteiger partial charge in [0.05, 0.1) is 0 Å². The Bertz CT molecular complexity index is 450. The number of nitrogens with zero attached hydrogens (tertiary/aromatic N) is 3. The zero-order chi connectivity index (χ0) is 10.8. The van der Waals surface area contributed by atoms with Crippen LogP contribution in [0, 0.1) is 0 Å². The predicted octanol–water partition coefficient (Wildman–Crippen LogP) is 2.57. The predicted molar refractivity (Wildman–Crippen MR) is 61.8 cm³/mol. The lowest BCUT2D eigenvalue weighted by Crippen LogP contribution is -2.08. The van der Waals surface area contributed by atoms with Crippen molar-refractivity contribution in [3.63, 3.8) is 0 Å². The first-order valence-corrected chi connectivity index (χ1v) is 5.23.